The Hall–Kier alpha value is -6.76. The summed E-state index contributed by atoms with van der Waals surface area (Å²) in [5.74, 6) is -1.98. The van der Waals surface area contributed by atoms with E-state index in [0.29, 0.717) is 5.75 Å². The highest BCUT2D eigenvalue weighted by molar-refractivity contribution is 7.91. The Balaban J connectivity index is 1.25. The predicted octanol–water partition coefficient (Wildman–Crippen LogP) is 5.71. The van der Waals surface area contributed by atoms with Gasteiger partial charge in [0.15, 0.2) is 11.5 Å². The van der Waals surface area contributed by atoms with Gasteiger partial charge in [-0.2, -0.15) is 30.4 Å². The molecule has 20 nitrogen and oxygen atoms in total. The second-order valence-corrected chi connectivity index (χ2v) is 16.0. The number of methoxy groups -OCH3 is 1. The molecule has 0 saturated heterocycles. The van der Waals surface area contributed by atoms with Crippen molar-refractivity contribution in [3.8, 4) is 17.2 Å². The lowest BCUT2D eigenvalue weighted by molar-refractivity contribution is 0.106. The molecule has 57 heavy (non-hydrogen) atoms. The van der Waals surface area contributed by atoms with Crippen molar-refractivity contribution < 1.29 is 63.5 Å². The molecule has 6 rings (SSSR count). The number of fused-ring (bicyclic) bond motifs is 2. The number of carbonyl (C=O) groups is 2. The number of hydrogen-bond acceptors (Lipinski definition) is 15. The van der Waals surface area contributed by atoms with E-state index in [1.807, 2.05) is 0 Å². The van der Waals surface area contributed by atoms with Crippen LogP contribution in [0.15, 0.2) is 115 Å². The molecule has 0 heterocycles. The highest BCUT2D eigenvalue weighted by Crippen LogP contribution is 2.43. The monoisotopic (exact) mass is 838 g/mol. The molecule has 0 aromatic heterocycles. The molecule has 294 valence electrons. The van der Waals surface area contributed by atoms with Gasteiger partial charge in [0.1, 0.15) is 32.7 Å². The first-order chi connectivity index (χ1) is 26.7. The summed E-state index contributed by atoms with van der Waals surface area (Å²) >= 11 is 0. The smallest absolute Gasteiger partial charge is 0.323 e. The number of nitrogens with one attached hydrogen (secondary N) is 3. The lowest BCUT2D eigenvalue weighted by Gasteiger charge is -2.17. The fourth-order valence-electron chi connectivity index (χ4n) is 5.43. The summed E-state index contributed by atoms with van der Waals surface area (Å²) in [6.45, 7) is 0. The molecule has 5 aromatic rings. The number of aromatic hydroxyl groups is 2. The van der Waals surface area contributed by atoms with E-state index in [9.17, 15) is 58.7 Å². The SMILES string of the molecule is COc1ccccc1N=Nc1c(S(=O)(=O)O)cc2cc(NC(=O)Nc3ccc4c(c3)C=C(S(=O)(=O)O)/C(=N/Nc3cc(S(=O)(=O)O)ccc3O)C4=O)ccc2c1O. The number of carbonyl (C=O) groups excluding carboxylic acids is 2. The summed E-state index contributed by atoms with van der Waals surface area (Å²) in [4.78, 5) is 23.9. The number of anilines is 3. The molecule has 0 saturated carbocycles. The molecular weight excluding hydrogens is 813 g/mol. The van der Waals surface area contributed by atoms with Crippen molar-refractivity contribution in [2.24, 2.45) is 15.3 Å². The van der Waals surface area contributed by atoms with Crippen LogP contribution in [0.1, 0.15) is 15.9 Å². The van der Waals surface area contributed by atoms with Crippen LogP contribution < -0.4 is 20.8 Å². The molecule has 8 N–H and O–H groups in total. The van der Waals surface area contributed by atoms with Crippen molar-refractivity contribution in [1.29, 1.82) is 0 Å². The number of allylic oxidation sites excluding steroid dienone is 1. The van der Waals surface area contributed by atoms with Crippen molar-refractivity contribution >= 4 is 93.2 Å². The molecule has 0 atom stereocenters. The van der Waals surface area contributed by atoms with Gasteiger partial charge in [0.05, 0.1) is 17.7 Å². The third-order valence-corrected chi connectivity index (χ3v) is 10.6. The van der Waals surface area contributed by atoms with Crippen molar-refractivity contribution in [2.75, 3.05) is 23.2 Å². The van der Waals surface area contributed by atoms with E-state index >= 15 is 0 Å². The number of nitrogens with zero attached hydrogens (tertiary/aromatic N) is 3. The van der Waals surface area contributed by atoms with E-state index in [1.54, 1.807) is 18.2 Å². The Labute approximate surface area is 322 Å². The number of ether oxygens (including phenoxy) is 1. The predicted molar refractivity (Wildman–Crippen MR) is 205 cm³/mol. The maximum atomic E-state index is 13.4. The second kappa shape index (κ2) is 15.1. The number of hydrogen-bond donors (Lipinski definition) is 8. The van der Waals surface area contributed by atoms with Crippen molar-refractivity contribution in [3.63, 3.8) is 0 Å². The van der Waals surface area contributed by atoms with Crippen LogP contribution in [0.2, 0.25) is 0 Å². The normalized spacial score (nSPS) is 14.0. The molecule has 2 amide bonds. The van der Waals surface area contributed by atoms with E-state index in [1.165, 1.54) is 49.6 Å². The maximum absolute atomic E-state index is 13.4. The van der Waals surface area contributed by atoms with Gasteiger partial charge in [-0.3, -0.25) is 23.9 Å². The van der Waals surface area contributed by atoms with Crippen molar-refractivity contribution in [3.05, 3.63) is 101 Å². The lowest BCUT2D eigenvalue weighted by atomic mass is 9.94. The number of ketones is 1. The summed E-state index contributed by atoms with van der Waals surface area (Å²) in [5.41, 5.74) is 0.352. The van der Waals surface area contributed by atoms with Crippen LogP contribution in [0.25, 0.3) is 16.8 Å². The number of phenols is 2. The summed E-state index contributed by atoms with van der Waals surface area (Å²) in [6.07, 6.45) is 0.872. The highest BCUT2D eigenvalue weighted by atomic mass is 32.2. The number of Topliss-reactive ketones (excluding diaryl/α,β-unsaturated/α-hetero) is 1. The van der Waals surface area contributed by atoms with E-state index < -0.39 is 85.5 Å². The average molecular weight is 839 g/mol. The highest BCUT2D eigenvalue weighted by Gasteiger charge is 2.33. The largest absolute Gasteiger partial charge is 0.506 e. The Bertz CT molecular complexity index is 2970. The molecule has 0 aliphatic heterocycles. The first-order valence-corrected chi connectivity index (χ1v) is 20.0. The van der Waals surface area contributed by atoms with E-state index in [0.717, 1.165) is 30.3 Å². The molecule has 0 unspecified atom stereocenters. The van der Waals surface area contributed by atoms with E-state index in [2.05, 4.69) is 31.4 Å². The van der Waals surface area contributed by atoms with Gasteiger partial charge >= 0.3 is 6.03 Å². The zero-order chi connectivity index (χ0) is 41.4. The molecule has 1 aliphatic rings. The van der Waals surface area contributed by atoms with Gasteiger partial charge in [-0.15, -0.1) is 10.2 Å². The summed E-state index contributed by atoms with van der Waals surface area (Å²) < 4.78 is 107. The molecular formula is C34H26N6O14S3. The molecule has 1 aliphatic carbocycles. The quantitative estimate of drug-likeness (QED) is 0.0362. The number of para-hydroxylation sites is 1. The van der Waals surface area contributed by atoms with Gasteiger partial charge in [0.2, 0.25) is 5.78 Å². The molecule has 0 spiro atoms. The average Bonchev–Trinajstić information content (AvgIpc) is 3.13. The third kappa shape index (κ3) is 8.57. The molecule has 23 heteroatoms. The first-order valence-electron chi connectivity index (χ1n) is 15.7. The number of phenolic OH excluding ortho intramolecular Hbond substituents is 2. The van der Waals surface area contributed by atoms with Crippen LogP contribution in [0.3, 0.4) is 0 Å². The van der Waals surface area contributed by atoms with Crippen LogP contribution in [0.4, 0.5) is 33.2 Å². The maximum Gasteiger partial charge on any atom is 0.323 e. The van der Waals surface area contributed by atoms with Crippen LogP contribution in [-0.4, -0.2) is 73.8 Å². The summed E-state index contributed by atoms with van der Waals surface area (Å²) in [5, 5.41) is 37.7. The number of amides is 2. The number of benzene rings is 5. The van der Waals surface area contributed by atoms with Gasteiger partial charge in [0, 0.05) is 22.3 Å². The number of urea groups is 1. The zero-order valence-electron chi connectivity index (χ0n) is 28.6. The Morgan fingerprint density at radius 3 is 2.11 bits per heavy atom. The standard InChI is InChI=1S/C34H26N6O14S3/c1-54-27-5-3-2-4-24(27)37-39-30-28(56(48,49)50)14-17-12-19(6-9-22(17)32(30)42)35-34(44)36-20-7-10-23-18(13-20)15-29(57(51,52)53)31(33(23)43)40-38-25-16-21(55(45,46)47)8-11-26(25)41/h2-16,38,41-42H,1H3,(H2,35,36,44)(H,45,46,47)(H,48,49,50)(H,51,52,53)/b39-37?,40-31-. The molecule has 5 aromatic carbocycles. The van der Waals surface area contributed by atoms with Gasteiger partial charge in [-0.1, -0.05) is 12.1 Å². The minimum absolute atomic E-state index is 0.0209. The van der Waals surface area contributed by atoms with Gasteiger partial charge in [-0.25, -0.2) is 4.79 Å². The number of hydrazone groups is 1. The minimum Gasteiger partial charge on any atom is -0.506 e. The van der Waals surface area contributed by atoms with Crippen LogP contribution in [0, 0.1) is 0 Å². The van der Waals surface area contributed by atoms with Crippen LogP contribution in [0.5, 0.6) is 17.2 Å². The molecule has 0 fully saturated rings. The lowest BCUT2D eigenvalue weighted by Crippen LogP contribution is -2.27. The number of azo groups is 1. The van der Waals surface area contributed by atoms with Crippen LogP contribution in [-0.2, 0) is 30.4 Å². The summed E-state index contributed by atoms with van der Waals surface area (Å²) in [6, 6.07) is 16.7. The Morgan fingerprint density at radius 1 is 0.754 bits per heavy atom. The van der Waals surface area contributed by atoms with Crippen molar-refractivity contribution in [1.82, 2.24) is 0 Å². The Kier molecular flexibility index (Phi) is 10.5. The number of rotatable bonds is 10. The van der Waals surface area contributed by atoms with Gasteiger partial charge in [-0.05, 0) is 89.8 Å². The van der Waals surface area contributed by atoms with Gasteiger partial charge < -0.3 is 25.6 Å². The first kappa shape index (κ1) is 39.9. The topological polar surface area (TPSA) is 320 Å². The zero-order valence-corrected chi connectivity index (χ0v) is 31.1. The van der Waals surface area contributed by atoms with Crippen molar-refractivity contribution in [2.45, 2.75) is 9.79 Å². The van der Waals surface area contributed by atoms with Crippen LogP contribution >= 0.6 is 0 Å². The van der Waals surface area contributed by atoms with E-state index in [4.69, 9.17) is 4.74 Å². The fourth-order valence-corrected chi connectivity index (χ4v) is 7.25. The van der Waals surface area contributed by atoms with E-state index in [-0.39, 0.29) is 39.0 Å². The fraction of sp³-hybridized carbons (Fsp3) is 0.0294. The molecule has 0 bridgehead atoms. The Morgan fingerprint density at radius 2 is 1.44 bits per heavy atom. The van der Waals surface area contributed by atoms with Gasteiger partial charge in [0.25, 0.3) is 30.4 Å². The molecule has 0 radical (unpaired) electrons. The second-order valence-electron chi connectivity index (χ2n) is 11.8. The summed E-state index contributed by atoms with van der Waals surface area (Å²) in [7, 11) is -13.5. The third-order valence-electron chi connectivity index (χ3n) is 8.05. The minimum atomic E-state index is -5.14.